The van der Waals surface area contributed by atoms with Gasteiger partial charge in [-0.25, -0.2) is 0 Å². The van der Waals surface area contributed by atoms with Gasteiger partial charge in [0.2, 0.25) is 0 Å². The normalized spacial score (nSPS) is 10.0. The summed E-state index contributed by atoms with van der Waals surface area (Å²) in [6.45, 7) is 2.91. The Morgan fingerprint density at radius 3 is 3.00 bits per heavy atom. The molecule has 1 nitrogen and oxygen atoms in total. The van der Waals surface area contributed by atoms with E-state index in [-0.39, 0.29) is 0 Å². The SMILES string of the molecule is CCCCOc1ccsc1Cl. The molecule has 0 aliphatic rings. The first-order valence-corrected chi connectivity index (χ1v) is 4.96. The first-order chi connectivity index (χ1) is 5.34. The van der Waals surface area contributed by atoms with E-state index in [2.05, 4.69) is 6.92 Å². The highest BCUT2D eigenvalue weighted by Gasteiger charge is 2.00. The van der Waals surface area contributed by atoms with Crippen LogP contribution in [-0.4, -0.2) is 6.61 Å². The Balaban J connectivity index is 2.32. The van der Waals surface area contributed by atoms with Crippen molar-refractivity contribution in [3.8, 4) is 5.75 Å². The van der Waals surface area contributed by atoms with Crippen molar-refractivity contribution < 1.29 is 4.74 Å². The number of hydrogen-bond acceptors (Lipinski definition) is 2. The summed E-state index contributed by atoms with van der Waals surface area (Å²) in [7, 11) is 0. The van der Waals surface area contributed by atoms with Gasteiger partial charge in [-0.3, -0.25) is 0 Å². The van der Waals surface area contributed by atoms with Crippen LogP contribution in [0.4, 0.5) is 0 Å². The molecule has 0 aliphatic carbocycles. The highest BCUT2D eigenvalue weighted by molar-refractivity contribution is 7.14. The molecule has 1 rings (SSSR count). The standard InChI is InChI=1S/C8H11ClOS/c1-2-3-5-10-7-4-6-11-8(7)9/h4,6H,2-3,5H2,1H3. The van der Waals surface area contributed by atoms with Crippen LogP contribution < -0.4 is 4.74 Å². The Bertz CT molecular complexity index is 210. The third-order valence-electron chi connectivity index (χ3n) is 1.34. The zero-order chi connectivity index (χ0) is 8.10. The molecule has 0 saturated carbocycles. The Morgan fingerprint density at radius 2 is 2.45 bits per heavy atom. The zero-order valence-corrected chi connectivity index (χ0v) is 8.04. The fraction of sp³-hybridized carbons (Fsp3) is 0.500. The molecule has 62 valence electrons. The maximum atomic E-state index is 5.81. The predicted octanol–water partition coefficient (Wildman–Crippen LogP) is 3.58. The van der Waals surface area contributed by atoms with Crippen molar-refractivity contribution in [3.63, 3.8) is 0 Å². The molecule has 0 radical (unpaired) electrons. The molecular formula is C8H11ClOS. The van der Waals surface area contributed by atoms with Crippen LogP contribution in [-0.2, 0) is 0 Å². The quantitative estimate of drug-likeness (QED) is 0.660. The second-order valence-electron chi connectivity index (χ2n) is 2.26. The lowest BCUT2D eigenvalue weighted by atomic mass is 10.4. The largest absolute Gasteiger partial charge is 0.491 e. The molecule has 1 heterocycles. The molecule has 0 aromatic carbocycles. The van der Waals surface area contributed by atoms with E-state index in [9.17, 15) is 0 Å². The summed E-state index contributed by atoms with van der Waals surface area (Å²) < 4.78 is 6.15. The van der Waals surface area contributed by atoms with Crippen LogP contribution in [0.3, 0.4) is 0 Å². The molecule has 11 heavy (non-hydrogen) atoms. The third-order valence-corrected chi connectivity index (χ3v) is 2.47. The van der Waals surface area contributed by atoms with E-state index in [0.29, 0.717) is 0 Å². The molecule has 0 amide bonds. The lowest BCUT2D eigenvalue weighted by molar-refractivity contribution is 0.311. The number of unbranched alkanes of at least 4 members (excludes halogenated alkanes) is 1. The Labute approximate surface area is 75.9 Å². The minimum Gasteiger partial charge on any atom is -0.491 e. The number of hydrogen-bond donors (Lipinski definition) is 0. The van der Waals surface area contributed by atoms with E-state index in [1.807, 2.05) is 11.4 Å². The van der Waals surface area contributed by atoms with Crippen LogP contribution in [0.2, 0.25) is 4.34 Å². The molecule has 0 N–H and O–H groups in total. The predicted molar refractivity (Wildman–Crippen MR) is 49.7 cm³/mol. The van der Waals surface area contributed by atoms with Crippen molar-refractivity contribution in [2.75, 3.05) is 6.61 Å². The Kier molecular flexibility index (Phi) is 3.73. The van der Waals surface area contributed by atoms with E-state index in [4.69, 9.17) is 16.3 Å². The van der Waals surface area contributed by atoms with Gasteiger partial charge in [-0.2, -0.15) is 0 Å². The molecular weight excluding hydrogens is 180 g/mol. The summed E-state index contributed by atoms with van der Waals surface area (Å²) in [5, 5.41) is 1.93. The van der Waals surface area contributed by atoms with Crippen LogP contribution in [0.1, 0.15) is 19.8 Å². The summed E-state index contributed by atoms with van der Waals surface area (Å²) in [6.07, 6.45) is 2.24. The van der Waals surface area contributed by atoms with Gasteiger partial charge in [-0.1, -0.05) is 24.9 Å². The fourth-order valence-corrected chi connectivity index (χ4v) is 1.54. The van der Waals surface area contributed by atoms with Crippen molar-refractivity contribution in [2.45, 2.75) is 19.8 Å². The third kappa shape index (κ3) is 2.72. The van der Waals surface area contributed by atoms with Gasteiger partial charge in [0.15, 0.2) is 0 Å². The summed E-state index contributed by atoms with van der Waals surface area (Å²) >= 11 is 7.32. The molecule has 0 atom stereocenters. The Morgan fingerprint density at radius 1 is 1.64 bits per heavy atom. The van der Waals surface area contributed by atoms with Gasteiger partial charge in [-0.05, 0) is 17.9 Å². The van der Waals surface area contributed by atoms with Crippen molar-refractivity contribution in [3.05, 3.63) is 15.8 Å². The Hall–Kier alpha value is -0.210. The smallest absolute Gasteiger partial charge is 0.148 e. The number of thiophene rings is 1. The number of rotatable bonds is 4. The average Bonchev–Trinajstić information content (AvgIpc) is 2.37. The molecule has 3 heteroatoms. The molecule has 1 aromatic rings. The van der Waals surface area contributed by atoms with Crippen molar-refractivity contribution in [2.24, 2.45) is 0 Å². The van der Waals surface area contributed by atoms with Crippen LogP contribution >= 0.6 is 22.9 Å². The topological polar surface area (TPSA) is 9.23 Å². The van der Waals surface area contributed by atoms with E-state index in [1.54, 1.807) is 0 Å². The summed E-state index contributed by atoms with van der Waals surface area (Å²) in [5.74, 6) is 0.824. The lowest BCUT2D eigenvalue weighted by Crippen LogP contribution is -1.94. The zero-order valence-electron chi connectivity index (χ0n) is 6.47. The first kappa shape index (κ1) is 8.88. The monoisotopic (exact) mass is 190 g/mol. The number of ether oxygens (including phenoxy) is 1. The van der Waals surface area contributed by atoms with Crippen LogP contribution in [0.25, 0.3) is 0 Å². The van der Waals surface area contributed by atoms with Crippen LogP contribution in [0.15, 0.2) is 11.4 Å². The van der Waals surface area contributed by atoms with Gasteiger partial charge in [0.05, 0.1) is 6.61 Å². The highest BCUT2D eigenvalue weighted by Crippen LogP contribution is 2.29. The van der Waals surface area contributed by atoms with Gasteiger partial charge in [-0.15, -0.1) is 11.3 Å². The van der Waals surface area contributed by atoms with Crippen molar-refractivity contribution >= 4 is 22.9 Å². The molecule has 0 spiro atoms. The highest BCUT2D eigenvalue weighted by atomic mass is 35.5. The molecule has 0 fully saturated rings. The maximum absolute atomic E-state index is 5.81. The number of halogens is 1. The molecule has 0 saturated heterocycles. The average molecular weight is 191 g/mol. The first-order valence-electron chi connectivity index (χ1n) is 3.70. The maximum Gasteiger partial charge on any atom is 0.148 e. The van der Waals surface area contributed by atoms with Crippen LogP contribution in [0.5, 0.6) is 5.75 Å². The van der Waals surface area contributed by atoms with E-state index in [0.717, 1.165) is 29.5 Å². The summed E-state index contributed by atoms with van der Waals surface area (Å²) in [4.78, 5) is 0. The van der Waals surface area contributed by atoms with E-state index < -0.39 is 0 Å². The fourth-order valence-electron chi connectivity index (χ4n) is 0.710. The van der Waals surface area contributed by atoms with Gasteiger partial charge >= 0.3 is 0 Å². The lowest BCUT2D eigenvalue weighted by Gasteiger charge is -2.01. The molecule has 0 unspecified atom stereocenters. The minimum absolute atomic E-state index is 0.751. The van der Waals surface area contributed by atoms with Gasteiger partial charge < -0.3 is 4.74 Å². The summed E-state index contributed by atoms with van der Waals surface area (Å²) in [5.41, 5.74) is 0. The van der Waals surface area contributed by atoms with E-state index >= 15 is 0 Å². The molecule has 0 aliphatic heterocycles. The second-order valence-corrected chi connectivity index (χ2v) is 3.78. The summed E-state index contributed by atoms with van der Waals surface area (Å²) in [6, 6.07) is 1.91. The molecule has 0 bridgehead atoms. The molecule has 1 aromatic heterocycles. The van der Waals surface area contributed by atoms with E-state index in [1.165, 1.54) is 11.3 Å². The van der Waals surface area contributed by atoms with Gasteiger partial charge in [0, 0.05) is 0 Å². The van der Waals surface area contributed by atoms with Gasteiger partial charge in [0.25, 0.3) is 0 Å². The minimum atomic E-state index is 0.751. The van der Waals surface area contributed by atoms with Crippen molar-refractivity contribution in [1.29, 1.82) is 0 Å². The van der Waals surface area contributed by atoms with Crippen molar-refractivity contribution in [1.82, 2.24) is 0 Å². The second kappa shape index (κ2) is 4.62. The van der Waals surface area contributed by atoms with Gasteiger partial charge in [0.1, 0.15) is 10.1 Å². The van der Waals surface area contributed by atoms with Crippen LogP contribution in [0, 0.1) is 0 Å².